The molecule has 0 radical (unpaired) electrons. The van der Waals surface area contributed by atoms with Crippen molar-refractivity contribution in [3.63, 3.8) is 0 Å². The molecule has 6 rings (SSSR count). The van der Waals surface area contributed by atoms with Crippen LogP contribution in [-0.4, -0.2) is 16.2 Å². The summed E-state index contributed by atoms with van der Waals surface area (Å²) in [6.07, 6.45) is 3.46. The summed E-state index contributed by atoms with van der Waals surface area (Å²) in [6, 6.07) is 39.0. The van der Waals surface area contributed by atoms with Crippen molar-refractivity contribution in [2.24, 2.45) is 16.5 Å². The molecule has 5 aromatic carbocycles. The van der Waals surface area contributed by atoms with Crippen molar-refractivity contribution >= 4 is 49.9 Å². The standard InChI is InChI=1S/C35H29N5/c1-23(34(37)39-35(38)27-17-15-25(16-18-27)24-9-3-2-4-10-24)21-28(22-36)40-31-14-8-7-13-30(31)33-29-12-6-5-11-26(29)19-20-32(33)40/h2-22H,36H2,1H3,(H3,37,38,39)/b23-21+,28-22+. The van der Waals surface area contributed by atoms with Gasteiger partial charge in [-0.2, -0.15) is 0 Å². The van der Waals surface area contributed by atoms with Crippen LogP contribution in [0.2, 0.25) is 0 Å². The predicted octanol–water partition coefficient (Wildman–Crippen LogP) is 7.70. The molecule has 0 fully saturated rings. The molecule has 0 bridgehead atoms. The highest BCUT2D eigenvalue weighted by molar-refractivity contribution is 6.22. The summed E-state index contributed by atoms with van der Waals surface area (Å²) in [4.78, 5) is 4.42. The van der Waals surface area contributed by atoms with E-state index in [9.17, 15) is 0 Å². The van der Waals surface area contributed by atoms with Crippen LogP contribution in [-0.2, 0) is 0 Å². The zero-order chi connectivity index (χ0) is 27.6. The average Bonchev–Trinajstić information content (AvgIpc) is 3.35. The SMILES string of the molecule is C/C(=C\C(=C/N)n1c2ccccc2c2c3ccccc3ccc21)C(=N)N=C(N)c1ccc(-c2ccccc2)cc1. The van der Waals surface area contributed by atoms with Crippen LogP contribution in [0.25, 0.3) is 49.4 Å². The molecule has 0 spiro atoms. The monoisotopic (exact) mass is 519 g/mol. The van der Waals surface area contributed by atoms with E-state index in [1.807, 2.05) is 61.5 Å². The topological polar surface area (TPSA) is 93.2 Å². The van der Waals surface area contributed by atoms with Gasteiger partial charge in [-0.05, 0) is 52.6 Å². The number of aliphatic imine (C=N–C) groups is 1. The largest absolute Gasteiger partial charge is 0.403 e. The van der Waals surface area contributed by atoms with Crippen LogP contribution in [0, 0.1) is 5.41 Å². The van der Waals surface area contributed by atoms with Crippen LogP contribution < -0.4 is 11.5 Å². The number of allylic oxidation sites excluding steroid dienone is 2. The Bertz CT molecular complexity index is 1970. The zero-order valence-corrected chi connectivity index (χ0v) is 22.2. The van der Waals surface area contributed by atoms with E-state index >= 15 is 0 Å². The smallest absolute Gasteiger partial charge is 0.149 e. The van der Waals surface area contributed by atoms with Crippen LogP contribution in [0.1, 0.15) is 12.5 Å². The Balaban J connectivity index is 1.35. The Hall–Kier alpha value is -5.42. The second-order valence-electron chi connectivity index (χ2n) is 9.74. The first-order chi connectivity index (χ1) is 19.5. The third-order valence-corrected chi connectivity index (χ3v) is 7.25. The molecule has 5 heteroatoms. The minimum Gasteiger partial charge on any atom is -0.403 e. The molecule has 0 amide bonds. The van der Waals surface area contributed by atoms with Gasteiger partial charge in [-0.3, -0.25) is 5.41 Å². The lowest BCUT2D eigenvalue weighted by molar-refractivity contribution is 1.22. The summed E-state index contributed by atoms with van der Waals surface area (Å²) in [5.41, 5.74) is 19.0. The zero-order valence-electron chi connectivity index (χ0n) is 22.2. The number of amidine groups is 2. The van der Waals surface area contributed by atoms with E-state index in [0.717, 1.165) is 38.8 Å². The molecule has 0 aliphatic rings. The van der Waals surface area contributed by atoms with Crippen molar-refractivity contribution in [2.45, 2.75) is 6.92 Å². The van der Waals surface area contributed by atoms with Gasteiger partial charge in [0.1, 0.15) is 11.7 Å². The van der Waals surface area contributed by atoms with Gasteiger partial charge < -0.3 is 16.0 Å². The van der Waals surface area contributed by atoms with E-state index in [1.54, 1.807) is 6.20 Å². The molecule has 1 heterocycles. The van der Waals surface area contributed by atoms with E-state index < -0.39 is 0 Å². The second-order valence-corrected chi connectivity index (χ2v) is 9.74. The van der Waals surface area contributed by atoms with Gasteiger partial charge >= 0.3 is 0 Å². The van der Waals surface area contributed by atoms with E-state index in [-0.39, 0.29) is 5.84 Å². The van der Waals surface area contributed by atoms with E-state index in [1.165, 1.54) is 16.2 Å². The highest BCUT2D eigenvalue weighted by Gasteiger charge is 2.15. The van der Waals surface area contributed by atoms with Crippen molar-refractivity contribution in [3.8, 4) is 11.1 Å². The number of nitrogens with one attached hydrogen (secondary N) is 1. The molecule has 40 heavy (non-hydrogen) atoms. The van der Waals surface area contributed by atoms with Crippen LogP contribution in [0.3, 0.4) is 0 Å². The second kappa shape index (κ2) is 10.4. The maximum absolute atomic E-state index is 8.67. The molecular weight excluding hydrogens is 490 g/mol. The first-order valence-corrected chi connectivity index (χ1v) is 13.2. The molecule has 194 valence electrons. The predicted molar refractivity (Wildman–Crippen MR) is 169 cm³/mol. The molecule has 0 saturated heterocycles. The van der Waals surface area contributed by atoms with Crippen LogP contribution in [0.4, 0.5) is 0 Å². The summed E-state index contributed by atoms with van der Waals surface area (Å²) in [6.45, 7) is 1.85. The molecule has 0 unspecified atom stereocenters. The number of hydrogen-bond acceptors (Lipinski definition) is 2. The Kier molecular flexibility index (Phi) is 6.46. The van der Waals surface area contributed by atoms with Gasteiger partial charge in [0, 0.05) is 22.5 Å². The summed E-state index contributed by atoms with van der Waals surface area (Å²) in [5, 5.41) is 13.4. The molecule has 6 aromatic rings. The lowest BCUT2D eigenvalue weighted by Crippen LogP contribution is -2.16. The number of rotatable bonds is 5. The summed E-state index contributed by atoms with van der Waals surface area (Å²) in [7, 11) is 0. The lowest BCUT2D eigenvalue weighted by Gasteiger charge is -2.11. The van der Waals surface area contributed by atoms with Gasteiger partial charge in [0.15, 0.2) is 0 Å². The van der Waals surface area contributed by atoms with Crippen molar-refractivity contribution in [2.75, 3.05) is 0 Å². The minimum absolute atomic E-state index is 0.0789. The fourth-order valence-electron chi connectivity index (χ4n) is 5.23. The van der Waals surface area contributed by atoms with Gasteiger partial charge in [-0.1, -0.05) is 103 Å². The number of nitrogens with two attached hydrogens (primary N) is 2. The third-order valence-electron chi connectivity index (χ3n) is 7.25. The minimum atomic E-state index is 0.0789. The van der Waals surface area contributed by atoms with Gasteiger partial charge in [-0.25, -0.2) is 4.99 Å². The lowest BCUT2D eigenvalue weighted by atomic mass is 10.0. The van der Waals surface area contributed by atoms with Gasteiger partial charge in [0.25, 0.3) is 0 Å². The molecule has 1 aromatic heterocycles. The maximum Gasteiger partial charge on any atom is 0.149 e. The average molecular weight is 520 g/mol. The van der Waals surface area contributed by atoms with Crippen LogP contribution >= 0.6 is 0 Å². The molecule has 0 atom stereocenters. The highest BCUT2D eigenvalue weighted by atomic mass is 15.0. The first-order valence-electron chi connectivity index (χ1n) is 13.2. The van der Waals surface area contributed by atoms with Crippen molar-refractivity contribution in [1.82, 2.24) is 4.57 Å². The normalized spacial score (nSPS) is 12.9. The number of benzene rings is 5. The highest BCUT2D eigenvalue weighted by Crippen LogP contribution is 2.36. The van der Waals surface area contributed by atoms with E-state index in [2.05, 4.69) is 76.3 Å². The summed E-state index contributed by atoms with van der Waals surface area (Å²) < 4.78 is 2.14. The fraction of sp³-hybridized carbons (Fsp3) is 0.0286. The van der Waals surface area contributed by atoms with Gasteiger partial charge in [-0.15, -0.1) is 0 Å². The van der Waals surface area contributed by atoms with Crippen molar-refractivity contribution < 1.29 is 0 Å². The van der Waals surface area contributed by atoms with Crippen LogP contribution in [0.15, 0.2) is 138 Å². The molecule has 5 nitrogen and oxygen atoms in total. The van der Waals surface area contributed by atoms with Crippen molar-refractivity contribution in [3.05, 3.63) is 139 Å². The molecule has 5 N–H and O–H groups in total. The maximum atomic E-state index is 8.67. The quantitative estimate of drug-likeness (QED) is 0.124. The fourth-order valence-corrected chi connectivity index (χ4v) is 5.23. The molecule has 0 aliphatic carbocycles. The Morgan fingerprint density at radius 3 is 2.12 bits per heavy atom. The summed E-state index contributed by atoms with van der Waals surface area (Å²) in [5.74, 6) is 0.370. The number of para-hydroxylation sites is 1. The third kappa shape index (κ3) is 4.44. The number of nitrogens with zero attached hydrogens (tertiary/aromatic N) is 2. The number of aromatic nitrogens is 1. The van der Waals surface area contributed by atoms with Gasteiger partial charge in [0.2, 0.25) is 0 Å². The van der Waals surface area contributed by atoms with Crippen molar-refractivity contribution in [1.29, 1.82) is 5.41 Å². The van der Waals surface area contributed by atoms with E-state index in [4.69, 9.17) is 16.9 Å². The number of fused-ring (bicyclic) bond motifs is 5. The van der Waals surface area contributed by atoms with Crippen LogP contribution in [0.5, 0.6) is 0 Å². The van der Waals surface area contributed by atoms with Gasteiger partial charge in [0.05, 0.1) is 16.7 Å². The molecule has 0 saturated carbocycles. The first kappa shape index (κ1) is 24.9. The Labute approximate surface area is 232 Å². The summed E-state index contributed by atoms with van der Waals surface area (Å²) >= 11 is 0. The Morgan fingerprint density at radius 2 is 1.38 bits per heavy atom. The number of hydrogen-bond donors (Lipinski definition) is 3. The van der Waals surface area contributed by atoms with E-state index in [0.29, 0.717) is 11.4 Å². The molecule has 0 aliphatic heterocycles. The Morgan fingerprint density at radius 1 is 0.725 bits per heavy atom. The molecular formula is C35H29N5.